The van der Waals surface area contributed by atoms with Gasteiger partial charge in [0.25, 0.3) is 0 Å². The van der Waals surface area contributed by atoms with Gasteiger partial charge < -0.3 is 0 Å². The molecule has 0 saturated heterocycles. The van der Waals surface area contributed by atoms with Gasteiger partial charge in [-0.15, -0.1) is 0 Å². The van der Waals surface area contributed by atoms with Crippen LogP contribution in [0.2, 0.25) is 5.02 Å². The Morgan fingerprint density at radius 1 is 1.05 bits per heavy atom. The van der Waals surface area contributed by atoms with Gasteiger partial charge in [-0.05, 0) is 43.0 Å². The smallest absolute Gasteiger partial charge is 0.193 e. The summed E-state index contributed by atoms with van der Waals surface area (Å²) in [6, 6.07) is 13.4. The van der Waals surface area contributed by atoms with Crippen molar-refractivity contribution in [1.82, 2.24) is 0 Å². The van der Waals surface area contributed by atoms with E-state index < -0.39 is 0 Å². The van der Waals surface area contributed by atoms with Crippen LogP contribution in [0.5, 0.6) is 0 Å². The van der Waals surface area contributed by atoms with Crippen LogP contribution in [0.4, 0.5) is 0 Å². The highest BCUT2D eigenvalue weighted by Gasteiger charge is 2.12. The van der Waals surface area contributed by atoms with Crippen molar-refractivity contribution in [2.75, 3.05) is 0 Å². The Kier molecular flexibility index (Phi) is 5.58. The Hall–Kier alpha value is -1.60. The molecule has 0 atom stereocenters. The molecule has 0 radical (unpaired) electrons. The molecule has 0 N–H and O–H groups in total. The molecule has 2 heteroatoms. The first-order chi connectivity index (χ1) is 10.1. The van der Waals surface area contributed by atoms with Gasteiger partial charge in [-0.2, -0.15) is 0 Å². The number of ketones is 1. The molecule has 0 aromatic heterocycles. The topological polar surface area (TPSA) is 17.1 Å². The highest BCUT2D eigenvalue weighted by molar-refractivity contribution is 6.31. The molecule has 0 aliphatic carbocycles. The van der Waals surface area contributed by atoms with E-state index in [1.807, 2.05) is 31.2 Å². The van der Waals surface area contributed by atoms with E-state index in [1.54, 1.807) is 6.07 Å². The maximum atomic E-state index is 12.5. The molecule has 0 fully saturated rings. The number of hydrogen-bond acceptors (Lipinski definition) is 1. The summed E-state index contributed by atoms with van der Waals surface area (Å²) in [5, 5.41) is 0.597. The Labute approximate surface area is 132 Å². The number of carbonyl (C=O) groups is 1. The van der Waals surface area contributed by atoms with E-state index in [9.17, 15) is 4.79 Å². The lowest BCUT2D eigenvalue weighted by Gasteiger charge is -2.07. The van der Waals surface area contributed by atoms with Gasteiger partial charge in [-0.3, -0.25) is 4.79 Å². The summed E-state index contributed by atoms with van der Waals surface area (Å²) in [5.74, 6) is 0.0371. The lowest BCUT2D eigenvalue weighted by molar-refractivity contribution is 0.103. The maximum Gasteiger partial charge on any atom is 0.193 e. The van der Waals surface area contributed by atoms with E-state index in [1.165, 1.54) is 24.8 Å². The third-order valence-electron chi connectivity index (χ3n) is 3.73. The van der Waals surface area contributed by atoms with Crippen LogP contribution in [-0.4, -0.2) is 5.78 Å². The third-order valence-corrected chi connectivity index (χ3v) is 3.96. The lowest BCUT2D eigenvalue weighted by atomic mass is 9.97. The minimum absolute atomic E-state index is 0.0371. The zero-order chi connectivity index (χ0) is 15.2. The Balaban J connectivity index is 2.14. The van der Waals surface area contributed by atoms with Gasteiger partial charge in [0.05, 0.1) is 0 Å². The molecule has 0 heterocycles. The Morgan fingerprint density at radius 2 is 1.76 bits per heavy atom. The minimum atomic E-state index is 0.0371. The first-order valence-electron chi connectivity index (χ1n) is 7.51. The molecule has 0 saturated carbocycles. The molecule has 2 rings (SSSR count). The molecule has 0 spiro atoms. The van der Waals surface area contributed by atoms with Gasteiger partial charge in [0.1, 0.15) is 0 Å². The van der Waals surface area contributed by atoms with Crippen LogP contribution >= 0.6 is 11.6 Å². The molecular weight excluding hydrogens is 280 g/mol. The molecule has 2 aromatic rings. The molecule has 0 bridgehead atoms. The van der Waals surface area contributed by atoms with Crippen LogP contribution < -0.4 is 0 Å². The fourth-order valence-electron chi connectivity index (χ4n) is 2.40. The monoisotopic (exact) mass is 300 g/mol. The van der Waals surface area contributed by atoms with Crippen molar-refractivity contribution < 1.29 is 4.79 Å². The summed E-state index contributed by atoms with van der Waals surface area (Å²) < 4.78 is 0. The van der Waals surface area contributed by atoms with Crippen molar-refractivity contribution in [3.63, 3.8) is 0 Å². The Bertz CT molecular complexity index is 614. The zero-order valence-corrected chi connectivity index (χ0v) is 13.4. The summed E-state index contributed by atoms with van der Waals surface area (Å²) >= 11 is 5.99. The first kappa shape index (κ1) is 15.8. The fraction of sp³-hybridized carbons (Fsp3) is 0.316. The summed E-state index contributed by atoms with van der Waals surface area (Å²) in [7, 11) is 0. The van der Waals surface area contributed by atoms with Crippen LogP contribution in [-0.2, 0) is 6.42 Å². The summed E-state index contributed by atoms with van der Waals surface area (Å²) in [4.78, 5) is 12.5. The molecule has 0 aliphatic rings. The Morgan fingerprint density at radius 3 is 2.43 bits per heavy atom. The molecular formula is C19H21ClO. The van der Waals surface area contributed by atoms with Gasteiger partial charge in [-0.25, -0.2) is 0 Å². The zero-order valence-electron chi connectivity index (χ0n) is 12.7. The average Bonchev–Trinajstić information content (AvgIpc) is 2.50. The lowest BCUT2D eigenvalue weighted by Crippen LogP contribution is -2.03. The van der Waals surface area contributed by atoms with Crippen molar-refractivity contribution in [2.45, 2.75) is 39.5 Å². The highest BCUT2D eigenvalue weighted by Crippen LogP contribution is 2.19. The minimum Gasteiger partial charge on any atom is -0.289 e. The average molecular weight is 301 g/mol. The van der Waals surface area contributed by atoms with E-state index in [2.05, 4.69) is 19.1 Å². The van der Waals surface area contributed by atoms with Gasteiger partial charge in [-0.1, -0.05) is 61.7 Å². The quantitative estimate of drug-likeness (QED) is 0.500. The van der Waals surface area contributed by atoms with Crippen LogP contribution in [0.25, 0.3) is 0 Å². The van der Waals surface area contributed by atoms with Crippen LogP contribution in [0, 0.1) is 6.92 Å². The number of halogens is 1. The van der Waals surface area contributed by atoms with Gasteiger partial charge in [0.15, 0.2) is 5.78 Å². The van der Waals surface area contributed by atoms with E-state index in [-0.39, 0.29) is 5.78 Å². The van der Waals surface area contributed by atoms with Crippen LogP contribution in [0.3, 0.4) is 0 Å². The summed E-state index contributed by atoms with van der Waals surface area (Å²) in [5.41, 5.74) is 3.65. The fourth-order valence-corrected chi connectivity index (χ4v) is 2.57. The van der Waals surface area contributed by atoms with Crippen molar-refractivity contribution in [3.8, 4) is 0 Å². The van der Waals surface area contributed by atoms with Crippen molar-refractivity contribution in [2.24, 2.45) is 0 Å². The predicted octanol–water partition coefficient (Wildman–Crippen LogP) is 5.61. The van der Waals surface area contributed by atoms with E-state index in [0.717, 1.165) is 17.5 Å². The standard InChI is InChI=1S/C19H21ClO/c1-3-4-5-6-15-8-10-16(11-9-15)19(21)18-13-17(20)12-7-14(18)2/h7-13H,3-6H2,1-2H3. The van der Waals surface area contributed by atoms with Gasteiger partial charge >= 0.3 is 0 Å². The SMILES string of the molecule is CCCCCc1ccc(C(=O)c2cc(Cl)ccc2C)cc1. The highest BCUT2D eigenvalue weighted by atomic mass is 35.5. The number of benzene rings is 2. The summed E-state index contributed by atoms with van der Waals surface area (Å²) in [6.45, 7) is 4.14. The number of unbranched alkanes of at least 4 members (excludes halogenated alkanes) is 2. The summed E-state index contributed by atoms with van der Waals surface area (Å²) in [6.07, 6.45) is 4.77. The van der Waals surface area contributed by atoms with Crippen LogP contribution in [0.1, 0.15) is 53.2 Å². The molecule has 2 aromatic carbocycles. The largest absolute Gasteiger partial charge is 0.289 e. The number of hydrogen-bond donors (Lipinski definition) is 0. The first-order valence-corrected chi connectivity index (χ1v) is 7.89. The normalized spacial score (nSPS) is 10.6. The van der Waals surface area contributed by atoms with E-state index in [4.69, 9.17) is 11.6 Å². The third kappa shape index (κ3) is 4.18. The van der Waals surface area contributed by atoms with E-state index >= 15 is 0 Å². The van der Waals surface area contributed by atoms with Crippen LogP contribution in [0.15, 0.2) is 42.5 Å². The van der Waals surface area contributed by atoms with E-state index in [0.29, 0.717) is 10.6 Å². The van der Waals surface area contributed by atoms with Gasteiger partial charge in [0.2, 0.25) is 0 Å². The molecule has 0 amide bonds. The molecule has 0 aliphatic heterocycles. The molecule has 21 heavy (non-hydrogen) atoms. The molecule has 110 valence electrons. The van der Waals surface area contributed by atoms with Crippen molar-refractivity contribution in [1.29, 1.82) is 0 Å². The number of aryl methyl sites for hydroxylation is 2. The molecule has 1 nitrogen and oxygen atoms in total. The number of carbonyl (C=O) groups excluding carboxylic acids is 1. The second-order valence-electron chi connectivity index (χ2n) is 5.44. The van der Waals surface area contributed by atoms with Crippen molar-refractivity contribution >= 4 is 17.4 Å². The second-order valence-corrected chi connectivity index (χ2v) is 5.88. The molecule has 0 unspecified atom stereocenters. The maximum absolute atomic E-state index is 12.5. The van der Waals surface area contributed by atoms with Crippen molar-refractivity contribution in [3.05, 3.63) is 69.7 Å². The number of rotatable bonds is 6. The van der Waals surface area contributed by atoms with Gasteiger partial charge in [0, 0.05) is 16.1 Å². The second kappa shape index (κ2) is 7.42. The predicted molar refractivity (Wildman–Crippen MR) is 89.3 cm³/mol.